The van der Waals surface area contributed by atoms with Crippen molar-refractivity contribution in [2.45, 2.75) is 38.6 Å². The van der Waals surface area contributed by atoms with Gasteiger partial charge in [0.2, 0.25) is 0 Å². The molecule has 2 aromatic rings. The van der Waals surface area contributed by atoms with Crippen LogP contribution < -0.4 is 5.56 Å². The number of nitrogens with one attached hydrogen (secondary N) is 1. The molecule has 0 spiro atoms. The van der Waals surface area contributed by atoms with Crippen LogP contribution in [0.2, 0.25) is 0 Å². The minimum absolute atomic E-state index is 0.0480. The van der Waals surface area contributed by atoms with Crippen molar-refractivity contribution in [3.05, 3.63) is 39.4 Å². The Balaban J connectivity index is 2.16. The van der Waals surface area contributed by atoms with Crippen LogP contribution in [0.3, 0.4) is 0 Å². The van der Waals surface area contributed by atoms with Gasteiger partial charge < -0.3 is 4.98 Å². The van der Waals surface area contributed by atoms with Crippen LogP contribution in [-0.2, 0) is 0 Å². The van der Waals surface area contributed by atoms with Gasteiger partial charge in [0.15, 0.2) is 4.77 Å². The Morgan fingerprint density at radius 2 is 2.16 bits per heavy atom. The van der Waals surface area contributed by atoms with Crippen LogP contribution in [0.25, 0.3) is 10.9 Å². The van der Waals surface area contributed by atoms with Crippen LogP contribution in [-0.4, -0.2) is 9.55 Å². The number of benzene rings is 1. The third kappa shape index (κ3) is 2.37. The van der Waals surface area contributed by atoms with E-state index in [1.165, 1.54) is 12.8 Å². The van der Waals surface area contributed by atoms with E-state index in [2.05, 4.69) is 11.9 Å². The molecule has 1 N–H and O–H groups in total. The number of hydrogen-bond acceptors (Lipinski definition) is 2. The van der Waals surface area contributed by atoms with Crippen LogP contribution in [0.15, 0.2) is 29.1 Å². The van der Waals surface area contributed by atoms with Crippen LogP contribution in [0.5, 0.6) is 0 Å². The fourth-order valence-electron chi connectivity index (χ4n) is 2.70. The van der Waals surface area contributed by atoms with Gasteiger partial charge in [0, 0.05) is 6.04 Å². The number of hydrogen-bond donors (Lipinski definition) is 1. The smallest absolute Gasteiger partial charge is 0.262 e. The first-order valence-corrected chi connectivity index (χ1v) is 7.35. The third-order valence-electron chi connectivity index (χ3n) is 3.98. The zero-order valence-corrected chi connectivity index (χ0v) is 11.9. The zero-order chi connectivity index (χ0) is 13.4. The Hall–Kier alpha value is -1.42. The highest BCUT2D eigenvalue weighted by Gasteiger charge is 2.26. The molecule has 1 aliphatic rings. The van der Waals surface area contributed by atoms with Crippen LogP contribution in [0.4, 0.5) is 0 Å². The molecule has 3 nitrogen and oxygen atoms in total. The monoisotopic (exact) mass is 274 g/mol. The van der Waals surface area contributed by atoms with Crippen molar-refractivity contribution in [1.29, 1.82) is 0 Å². The average molecular weight is 274 g/mol. The highest BCUT2D eigenvalue weighted by atomic mass is 32.1. The first-order chi connectivity index (χ1) is 9.20. The molecule has 4 heteroatoms. The standard InChI is InChI=1S/C15H18N2OS/c1-2-11(9-10-7-8-10)17-14(18)12-5-3-4-6-13(12)16-15(17)19/h3-6,10-11H,2,7-9H2,1H3,(H,16,19). The van der Waals surface area contributed by atoms with Crippen molar-refractivity contribution in [2.75, 3.05) is 0 Å². The van der Waals surface area contributed by atoms with Gasteiger partial charge in [-0.2, -0.15) is 0 Å². The van der Waals surface area contributed by atoms with Gasteiger partial charge in [-0.1, -0.05) is 31.9 Å². The fraction of sp³-hybridized carbons (Fsp3) is 0.467. The summed E-state index contributed by atoms with van der Waals surface area (Å²) >= 11 is 5.39. The van der Waals surface area contributed by atoms with Gasteiger partial charge in [0.05, 0.1) is 10.9 Å². The number of fused-ring (bicyclic) bond motifs is 1. The van der Waals surface area contributed by atoms with Crippen LogP contribution in [0, 0.1) is 10.7 Å². The van der Waals surface area contributed by atoms with Gasteiger partial charge in [-0.15, -0.1) is 0 Å². The molecule has 0 bridgehead atoms. The van der Waals surface area contributed by atoms with E-state index in [1.54, 1.807) is 4.57 Å². The number of rotatable bonds is 4. The van der Waals surface area contributed by atoms with Gasteiger partial charge >= 0.3 is 0 Å². The molecule has 0 aliphatic heterocycles. The van der Waals surface area contributed by atoms with Crippen molar-refractivity contribution < 1.29 is 0 Å². The number of para-hydroxylation sites is 1. The lowest BCUT2D eigenvalue weighted by Crippen LogP contribution is -2.26. The van der Waals surface area contributed by atoms with E-state index in [1.807, 2.05) is 24.3 Å². The van der Waals surface area contributed by atoms with E-state index in [0.717, 1.165) is 29.7 Å². The Bertz CT molecular complexity index is 712. The second-order valence-corrected chi connectivity index (χ2v) is 5.78. The predicted molar refractivity (Wildman–Crippen MR) is 80.1 cm³/mol. The van der Waals surface area contributed by atoms with Gasteiger partial charge in [-0.25, -0.2) is 0 Å². The Morgan fingerprint density at radius 3 is 2.84 bits per heavy atom. The van der Waals surface area contributed by atoms with E-state index in [-0.39, 0.29) is 11.6 Å². The van der Waals surface area contributed by atoms with E-state index < -0.39 is 0 Å². The molecule has 100 valence electrons. The summed E-state index contributed by atoms with van der Waals surface area (Å²) in [5, 5.41) is 0.727. The molecular weight excluding hydrogens is 256 g/mol. The molecule has 19 heavy (non-hydrogen) atoms. The Kier molecular flexibility index (Phi) is 3.27. The summed E-state index contributed by atoms with van der Waals surface area (Å²) in [5.41, 5.74) is 0.877. The Morgan fingerprint density at radius 1 is 1.42 bits per heavy atom. The topological polar surface area (TPSA) is 37.8 Å². The number of H-pyrrole nitrogens is 1. The van der Waals surface area contributed by atoms with Crippen molar-refractivity contribution >= 4 is 23.1 Å². The molecule has 1 atom stereocenters. The third-order valence-corrected chi connectivity index (χ3v) is 4.27. The number of aromatic nitrogens is 2. The van der Waals surface area contributed by atoms with Gasteiger partial charge in [-0.05, 0) is 43.1 Å². The lowest BCUT2D eigenvalue weighted by molar-refractivity contribution is 0.411. The summed E-state index contributed by atoms with van der Waals surface area (Å²) in [6.45, 7) is 2.13. The maximum atomic E-state index is 12.6. The summed E-state index contributed by atoms with van der Waals surface area (Å²) in [6, 6.07) is 7.81. The lowest BCUT2D eigenvalue weighted by atomic mass is 10.1. The maximum Gasteiger partial charge on any atom is 0.262 e. The molecule has 1 unspecified atom stereocenters. The number of nitrogens with zero attached hydrogens (tertiary/aromatic N) is 1. The summed E-state index contributed by atoms with van der Waals surface area (Å²) in [7, 11) is 0. The van der Waals surface area contributed by atoms with Crippen LogP contribution in [0.1, 0.15) is 38.6 Å². The molecule has 1 aromatic heterocycles. The molecule has 1 heterocycles. The highest BCUT2D eigenvalue weighted by Crippen LogP contribution is 2.37. The van der Waals surface area contributed by atoms with Crippen molar-refractivity contribution in [3.8, 4) is 0 Å². The van der Waals surface area contributed by atoms with Crippen LogP contribution >= 0.6 is 12.2 Å². The summed E-state index contributed by atoms with van der Waals surface area (Å²) in [6.07, 6.45) is 4.63. The largest absolute Gasteiger partial charge is 0.332 e. The minimum Gasteiger partial charge on any atom is -0.332 e. The first-order valence-electron chi connectivity index (χ1n) is 6.94. The normalized spacial score (nSPS) is 16.7. The Labute approximate surface area is 117 Å². The predicted octanol–water partition coefficient (Wildman–Crippen LogP) is 3.81. The minimum atomic E-state index is 0.0480. The zero-order valence-electron chi connectivity index (χ0n) is 11.1. The molecule has 0 radical (unpaired) electrons. The summed E-state index contributed by atoms with van der Waals surface area (Å²) in [4.78, 5) is 15.8. The molecule has 0 amide bonds. The second kappa shape index (κ2) is 4.93. The quantitative estimate of drug-likeness (QED) is 0.861. The molecule has 1 aromatic carbocycles. The van der Waals surface area contributed by atoms with Crippen molar-refractivity contribution in [3.63, 3.8) is 0 Å². The van der Waals surface area contributed by atoms with E-state index >= 15 is 0 Å². The molecule has 3 rings (SSSR count). The van der Waals surface area contributed by atoms with E-state index in [0.29, 0.717) is 4.77 Å². The summed E-state index contributed by atoms with van der Waals surface area (Å²) < 4.78 is 2.34. The second-order valence-electron chi connectivity index (χ2n) is 5.39. The van der Waals surface area contributed by atoms with Crippen molar-refractivity contribution in [1.82, 2.24) is 9.55 Å². The van der Waals surface area contributed by atoms with E-state index in [9.17, 15) is 4.79 Å². The fourth-order valence-corrected chi connectivity index (χ4v) is 3.04. The SMILES string of the molecule is CCC(CC1CC1)n1c(=S)[nH]c2ccccc2c1=O. The molecule has 1 fully saturated rings. The molecule has 1 aliphatic carbocycles. The van der Waals surface area contributed by atoms with E-state index in [4.69, 9.17) is 12.2 Å². The maximum absolute atomic E-state index is 12.6. The molecule has 0 saturated heterocycles. The highest BCUT2D eigenvalue weighted by molar-refractivity contribution is 7.71. The molecule has 1 saturated carbocycles. The van der Waals surface area contributed by atoms with Gasteiger partial charge in [0.1, 0.15) is 0 Å². The molecular formula is C15H18N2OS. The van der Waals surface area contributed by atoms with Crippen molar-refractivity contribution in [2.24, 2.45) is 5.92 Å². The van der Waals surface area contributed by atoms with Gasteiger partial charge in [-0.3, -0.25) is 9.36 Å². The first kappa shape index (κ1) is 12.6. The lowest BCUT2D eigenvalue weighted by Gasteiger charge is -2.18. The summed E-state index contributed by atoms with van der Waals surface area (Å²) in [5.74, 6) is 0.790. The van der Waals surface area contributed by atoms with Gasteiger partial charge in [0.25, 0.3) is 5.56 Å². The average Bonchev–Trinajstić information content (AvgIpc) is 3.21. The number of aromatic amines is 1.